The SMILES string of the molecule is COc1ccc(S(=O)(=O)N(CC(=O)NC2CCCc3ccccc32)c2ccc(C)cc2)cc1OC. The van der Waals surface area contributed by atoms with Gasteiger partial charge in [0.05, 0.1) is 30.8 Å². The maximum Gasteiger partial charge on any atom is 0.264 e. The smallest absolute Gasteiger partial charge is 0.264 e. The quantitative estimate of drug-likeness (QED) is 0.502. The topological polar surface area (TPSA) is 84.9 Å². The number of rotatable bonds is 8. The molecule has 0 heterocycles. The molecular formula is C27H30N2O5S. The summed E-state index contributed by atoms with van der Waals surface area (Å²) in [5.74, 6) is 0.346. The first-order valence-corrected chi connectivity index (χ1v) is 13.0. The van der Waals surface area contributed by atoms with Crippen LogP contribution in [0.2, 0.25) is 0 Å². The van der Waals surface area contributed by atoms with E-state index in [1.54, 1.807) is 12.1 Å². The maximum absolute atomic E-state index is 13.8. The summed E-state index contributed by atoms with van der Waals surface area (Å²) in [5.41, 5.74) is 3.71. The first kappa shape index (κ1) is 24.6. The summed E-state index contributed by atoms with van der Waals surface area (Å²) in [6.45, 7) is 1.57. The summed E-state index contributed by atoms with van der Waals surface area (Å²) in [7, 11) is -1.15. The number of hydrogen-bond acceptors (Lipinski definition) is 5. The number of hydrogen-bond donors (Lipinski definition) is 1. The molecule has 0 radical (unpaired) electrons. The van der Waals surface area contributed by atoms with Gasteiger partial charge in [-0.1, -0.05) is 42.0 Å². The van der Waals surface area contributed by atoms with Crippen LogP contribution >= 0.6 is 0 Å². The molecule has 7 nitrogen and oxygen atoms in total. The molecule has 184 valence electrons. The highest BCUT2D eigenvalue weighted by atomic mass is 32.2. The third kappa shape index (κ3) is 5.27. The Kier molecular flexibility index (Phi) is 7.31. The number of sulfonamides is 1. The van der Waals surface area contributed by atoms with Crippen molar-refractivity contribution < 1.29 is 22.7 Å². The van der Waals surface area contributed by atoms with Gasteiger partial charge in [0, 0.05) is 6.07 Å². The van der Waals surface area contributed by atoms with Gasteiger partial charge in [0.2, 0.25) is 5.91 Å². The molecule has 0 saturated heterocycles. The molecule has 1 unspecified atom stereocenters. The minimum atomic E-state index is -4.08. The number of amides is 1. The van der Waals surface area contributed by atoms with Gasteiger partial charge in [0.15, 0.2) is 11.5 Å². The van der Waals surface area contributed by atoms with Gasteiger partial charge in [-0.15, -0.1) is 0 Å². The molecule has 3 aromatic carbocycles. The first-order chi connectivity index (χ1) is 16.8. The highest BCUT2D eigenvalue weighted by Crippen LogP contribution is 2.33. The Balaban J connectivity index is 1.65. The van der Waals surface area contributed by atoms with E-state index in [0.717, 1.165) is 34.7 Å². The number of benzene rings is 3. The van der Waals surface area contributed by atoms with Crippen molar-refractivity contribution in [2.45, 2.75) is 37.1 Å². The van der Waals surface area contributed by atoms with Crippen LogP contribution < -0.4 is 19.1 Å². The molecule has 0 bridgehead atoms. The molecule has 35 heavy (non-hydrogen) atoms. The molecule has 3 aromatic rings. The summed E-state index contributed by atoms with van der Waals surface area (Å²) in [6, 6.07) is 19.4. The van der Waals surface area contributed by atoms with E-state index in [1.807, 2.05) is 37.3 Å². The Morgan fingerprint density at radius 2 is 1.71 bits per heavy atom. The normalized spacial score (nSPS) is 15.1. The maximum atomic E-state index is 13.8. The van der Waals surface area contributed by atoms with Gasteiger partial charge in [-0.25, -0.2) is 8.42 Å². The zero-order chi connectivity index (χ0) is 25.0. The van der Waals surface area contributed by atoms with Gasteiger partial charge in [0.1, 0.15) is 6.54 Å². The Labute approximate surface area is 206 Å². The third-order valence-corrected chi connectivity index (χ3v) is 8.03. The van der Waals surface area contributed by atoms with Crippen molar-refractivity contribution in [2.24, 2.45) is 0 Å². The third-order valence-electron chi connectivity index (χ3n) is 6.26. The summed E-state index contributed by atoms with van der Waals surface area (Å²) in [6.07, 6.45) is 2.76. The summed E-state index contributed by atoms with van der Waals surface area (Å²) < 4.78 is 39.2. The van der Waals surface area contributed by atoms with Crippen LogP contribution in [0, 0.1) is 6.92 Å². The lowest BCUT2D eigenvalue weighted by Crippen LogP contribution is -2.42. The van der Waals surface area contributed by atoms with E-state index in [9.17, 15) is 13.2 Å². The van der Waals surface area contributed by atoms with E-state index < -0.39 is 10.0 Å². The number of anilines is 1. The largest absolute Gasteiger partial charge is 0.493 e. The second kappa shape index (κ2) is 10.4. The van der Waals surface area contributed by atoms with E-state index in [-0.39, 0.29) is 23.4 Å². The predicted molar refractivity (Wildman–Crippen MR) is 136 cm³/mol. The van der Waals surface area contributed by atoms with E-state index in [2.05, 4.69) is 11.4 Å². The predicted octanol–water partition coefficient (Wildman–Crippen LogP) is 4.40. The Bertz CT molecular complexity index is 1310. The molecular weight excluding hydrogens is 464 g/mol. The average Bonchev–Trinajstić information content (AvgIpc) is 2.87. The molecule has 0 fully saturated rings. The molecule has 0 aliphatic heterocycles. The minimum absolute atomic E-state index is 0.00605. The van der Waals surface area contributed by atoms with Crippen LogP contribution in [0.25, 0.3) is 0 Å². The number of carbonyl (C=O) groups is 1. The van der Waals surface area contributed by atoms with E-state index >= 15 is 0 Å². The second-order valence-corrected chi connectivity index (χ2v) is 10.4. The van der Waals surface area contributed by atoms with Gasteiger partial charge in [-0.3, -0.25) is 9.10 Å². The van der Waals surface area contributed by atoms with Crippen LogP contribution in [-0.2, 0) is 21.2 Å². The number of fused-ring (bicyclic) bond motifs is 1. The molecule has 0 aromatic heterocycles. The lowest BCUT2D eigenvalue weighted by molar-refractivity contribution is -0.120. The van der Waals surface area contributed by atoms with Crippen LogP contribution in [-0.4, -0.2) is 35.1 Å². The highest BCUT2D eigenvalue weighted by molar-refractivity contribution is 7.92. The molecule has 4 rings (SSSR count). The number of methoxy groups -OCH3 is 2. The van der Waals surface area contributed by atoms with Gasteiger partial charge in [0.25, 0.3) is 10.0 Å². The van der Waals surface area contributed by atoms with Crippen LogP contribution in [0.5, 0.6) is 11.5 Å². The highest BCUT2D eigenvalue weighted by Gasteiger charge is 2.30. The van der Waals surface area contributed by atoms with Crippen molar-refractivity contribution in [2.75, 3.05) is 25.1 Å². The number of ether oxygens (including phenoxy) is 2. The van der Waals surface area contributed by atoms with Crippen LogP contribution in [0.15, 0.2) is 71.6 Å². The number of carbonyl (C=O) groups excluding carboxylic acids is 1. The summed E-state index contributed by atoms with van der Waals surface area (Å²) in [4.78, 5) is 13.2. The first-order valence-electron chi connectivity index (χ1n) is 11.5. The van der Waals surface area contributed by atoms with Crippen molar-refractivity contribution in [1.29, 1.82) is 0 Å². The molecule has 1 atom stereocenters. The van der Waals surface area contributed by atoms with Crippen molar-refractivity contribution >= 4 is 21.6 Å². The minimum Gasteiger partial charge on any atom is -0.493 e. The fraction of sp³-hybridized carbons (Fsp3) is 0.296. The van der Waals surface area contributed by atoms with Gasteiger partial charge >= 0.3 is 0 Å². The van der Waals surface area contributed by atoms with Crippen molar-refractivity contribution in [3.05, 3.63) is 83.4 Å². The van der Waals surface area contributed by atoms with Crippen molar-refractivity contribution in [3.8, 4) is 11.5 Å². The van der Waals surface area contributed by atoms with Crippen molar-refractivity contribution in [1.82, 2.24) is 5.32 Å². The summed E-state index contributed by atoms with van der Waals surface area (Å²) >= 11 is 0. The van der Waals surface area contributed by atoms with E-state index in [1.165, 1.54) is 38.0 Å². The van der Waals surface area contributed by atoms with Crippen LogP contribution in [0.1, 0.15) is 35.6 Å². The fourth-order valence-corrected chi connectivity index (χ4v) is 5.84. The lowest BCUT2D eigenvalue weighted by Gasteiger charge is -2.29. The van der Waals surface area contributed by atoms with Gasteiger partial charge in [-0.2, -0.15) is 0 Å². The Morgan fingerprint density at radius 1 is 1.00 bits per heavy atom. The number of nitrogens with one attached hydrogen (secondary N) is 1. The summed E-state index contributed by atoms with van der Waals surface area (Å²) in [5, 5.41) is 3.06. The molecule has 1 amide bonds. The zero-order valence-corrected chi connectivity index (χ0v) is 21.0. The number of aryl methyl sites for hydroxylation is 2. The molecule has 1 N–H and O–H groups in total. The lowest BCUT2D eigenvalue weighted by atomic mass is 9.88. The van der Waals surface area contributed by atoms with Gasteiger partial charge < -0.3 is 14.8 Å². The Morgan fingerprint density at radius 3 is 2.43 bits per heavy atom. The molecule has 0 spiro atoms. The van der Waals surface area contributed by atoms with Gasteiger partial charge in [-0.05, 0) is 61.6 Å². The average molecular weight is 495 g/mol. The molecule has 1 aliphatic carbocycles. The monoisotopic (exact) mass is 494 g/mol. The van der Waals surface area contributed by atoms with Crippen molar-refractivity contribution in [3.63, 3.8) is 0 Å². The standard InChI is InChI=1S/C27H30N2O5S/c1-19-11-13-21(14-12-19)29(35(31,32)22-15-16-25(33-2)26(17-22)34-3)18-27(30)28-24-10-6-8-20-7-4-5-9-23(20)24/h4-5,7,9,11-17,24H,6,8,10,18H2,1-3H3,(H,28,30). The molecule has 1 aliphatic rings. The van der Waals surface area contributed by atoms with E-state index in [0.29, 0.717) is 17.2 Å². The number of nitrogens with zero attached hydrogens (tertiary/aromatic N) is 1. The molecule has 0 saturated carbocycles. The van der Waals surface area contributed by atoms with E-state index in [4.69, 9.17) is 9.47 Å². The van der Waals surface area contributed by atoms with Crippen LogP contribution in [0.3, 0.4) is 0 Å². The Hall–Kier alpha value is -3.52. The second-order valence-electron chi connectivity index (χ2n) is 8.58. The molecule has 8 heteroatoms. The zero-order valence-electron chi connectivity index (χ0n) is 20.2. The van der Waals surface area contributed by atoms with Crippen LogP contribution in [0.4, 0.5) is 5.69 Å². The fourth-order valence-electron chi connectivity index (χ4n) is 4.40.